The molecule has 0 heterocycles. The lowest BCUT2D eigenvalue weighted by Crippen LogP contribution is -2.50. The maximum absolute atomic E-state index is 10.8. The topological polar surface area (TPSA) is 84.4 Å². The Balaban J connectivity index is 3.87. The Morgan fingerprint density at radius 1 is 1.55 bits per heavy atom. The van der Waals surface area contributed by atoms with Gasteiger partial charge in [0.05, 0.1) is 0 Å². The van der Waals surface area contributed by atoms with Gasteiger partial charge in [0.15, 0.2) is 0 Å². The predicted molar refractivity (Wildman–Crippen MR) is 43.1 cm³/mol. The highest BCUT2D eigenvalue weighted by molar-refractivity contribution is 5.72. The molecule has 0 fully saturated rings. The second-order valence-corrected chi connectivity index (χ2v) is 3.64. The van der Waals surface area contributed by atoms with E-state index in [1.807, 2.05) is 26.2 Å². The van der Waals surface area contributed by atoms with E-state index < -0.39 is 6.03 Å². The Morgan fingerprint density at radius 3 is 2.27 bits per heavy atom. The minimum absolute atomic E-state index is 0.0126. The molecule has 0 aromatic rings. The smallest absolute Gasteiger partial charge is 0.275 e. The molecule has 11 heavy (non-hydrogen) atoms. The number of nitrogens with zero attached hydrogens (tertiary/aromatic N) is 1. The fourth-order valence-corrected chi connectivity index (χ4v) is 0.666. The number of carbonyl (C=O) groups excluding carboxylic acids is 1. The lowest BCUT2D eigenvalue weighted by atomic mass is 9.97. The molecule has 0 saturated carbocycles. The Kier molecular flexibility index (Phi) is 3.28. The Hall–Kier alpha value is -0.810. The number of hydrogen-bond acceptors (Lipinski definition) is 3. The van der Waals surface area contributed by atoms with E-state index in [4.69, 9.17) is 11.7 Å². The van der Waals surface area contributed by atoms with E-state index in [2.05, 4.69) is 0 Å². The molecule has 0 radical (unpaired) electrons. The van der Waals surface area contributed by atoms with Gasteiger partial charge in [-0.1, -0.05) is 20.8 Å². The molecule has 0 atom stereocenters. The molecule has 0 bridgehead atoms. The molecular weight excluding hydrogens is 144 g/mol. The largest absolute Gasteiger partial charge is 0.345 e. The Bertz CT molecular complexity index is 140. The van der Waals surface area contributed by atoms with Crippen molar-refractivity contribution in [2.24, 2.45) is 17.1 Å². The number of amides is 2. The first-order chi connectivity index (χ1) is 4.87. The summed E-state index contributed by atoms with van der Waals surface area (Å²) < 4.78 is 0. The third-order valence-corrected chi connectivity index (χ3v) is 1.03. The van der Waals surface area contributed by atoms with Crippen LogP contribution in [-0.2, 0) is 0 Å². The molecule has 0 unspecified atom stereocenters. The zero-order valence-electron chi connectivity index (χ0n) is 7.22. The van der Waals surface area contributed by atoms with E-state index in [1.165, 1.54) is 0 Å². The van der Waals surface area contributed by atoms with Crippen molar-refractivity contribution in [3.05, 3.63) is 0 Å². The molecule has 0 aromatic carbocycles. The lowest BCUT2D eigenvalue weighted by Gasteiger charge is -2.25. The van der Waals surface area contributed by atoms with Gasteiger partial charge in [0, 0.05) is 6.54 Å². The van der Waals surface area contributed by atoms with Crippen LogP contribution < -0.4 is 17.1 Å². The molecule has 66 valence electrons. The molecule has 5 nitrogen and oxygen atoms in total. The molecule has 5 N–H and O–H groups in total. The molecule has 2 amide bonds. The number of rotatable bonds is 1. The molecule has 0 aromatic heterocycles. The monoisotopic (exact) mass is 160 g/mol. The van der Waals surface area contributed by atoms with Crippen molar-refractivity contribution >= 4 is 6.03 Å². The van der Waals surface area contributed by atoms with Gasteiger partial charge in [0.2, 0.25) is 0 Å². The number of nitrogens with one attached hydrogen (secondary N) is 1. The molecule has 0 saturated heterocycles. The first kappa shape index (κ1) is 10.2. The highest BCUT2D eigenvalue weighted by Gasteiger charge is 2.17. The second kappa shape index (κ2) is 3.54. The SMILES string of the molecule is CC(C)(C)CN(N)C(=O)NN. The average Bonchev–Trinajstić information content (AvgIpc) is 1.82. The molecule has 0 aliphatic heterocycles. The van der Waals surface area contributed by atoms with Gasteiger partial charge in [-0.05, 0) is 5.41 Å². The van der Waals surface area contributed by atoms with Gasteiger partial charge in [-0.3, -0.25) is 10.4 Å². The number of urea groups is 1. The third-order valence-electron chi connectivity index (χ3n) is 1.03. The van der Waals surface area contributed by atoms with Gasteiger partial charge in [-0.25, -0.2) is 16.5 Å². The van der Waals surface area contributed by atoms with Crippen LogP contribution >= 0.6 is 0 Å². The number of carbonyl (C=O) groups is 1. The normalized spacial score (nSPS) is 11.0. The van der Waals surface area contributed by atoms with Gasteiger partial charge in [-0.2, -0.15) is 0 Å². The summed E-state index contributed by atoms with van der Waals surface area (Å²) in [5, 5.41) is 1.06. The second-order valence-electron chi connectivity index (χ2n) is 3.64. The van der Waals surface area contributed by atoms with Gasteiger partial charge in [0.1, 0.15) is 0 Å². The van der Waals surface area contributed by atoms with E-state index in [9.17, 15) is 4.79 Å². The minimum atomic E-state index is -0.472. The van der Waals surface area contributed by atoms with Crippen LogP contribution in [0.4, 0.5) is 4.79 Å². The van der Waals surface area contributed by atoms with Gasteiger partial charge < -0.3 is 0 Å². The van der Waals surface area contributed by atoms with Crippen LogP contribution in [-0.4, -0.2) is 17.6 Å². The van der Waals surface area contributed by atoms with E-state index in [-0.39, 0.29) is 5.41 Å². The molecule has 0 aliphatic carbocycles. The quantitative estimate of drug-likeness (QED) is 0.282. The first-order valence-electron chi connectivity index (χ1n) is 3.39. The van der Waals surface area contributed by atoms with Crippen LogP contribution in [0, 0.1) is 5.41 Å². The van der Waals surface area contributed by atoms with E-state index >= 15 is 0 Å². The van der Waals surface area contributed by atoms with Crippen LogP contribution in [0.2, 0.25) is 0 Å². The van der Waals surface area contributed by atoms with Crippen molar-refractivity contribution in [2.75, 3.05) is 6.54 Å². The highest BCUT2D eigenvalue weighted by Crippen LogP contribution is 2.12. The summed E-state index contributed by atoms with van der Waals surface area (Å²) in [6, 6.07) is -0.472. The van der Waals surface area contributed by atoms with Crippen LogP contribution in [0.3, 0.4) is 0 Å². The predicted octanol–water partition coefficient (Wildman–Crippen LogP) is -0.208. The summed E-state index contributed by atoms with van der Waals surface area (Å²) in [6.45, 7) is 6.42. The van der Waals surface area contributed by atoms with Crippen molar-refractivity contribution in [3.63, 3.8) is 0 Å². The van der Waals surface area contributed by atoms with E-state index in [0.717, 1.165) is 5.01 Å². The third kappa shape index (κ3) is 4.58. The highest BCUT2D eigenvalue weighted by atomic mass is 16.2. The van der Waals surface area contributed by atoms with Crippen molar-refractivity contribution in [3.8, 4) is 0 Å². The number of nitrogens with two attached hydrogens (primary N) is 2. The van der Waals surface area contributed by atoms with Crippen molar-refractivity contribution in [2.45, 2.75) is 20.8 Å². The van der Waals surface area contributed by atoms with Crippen LogP contribution in [0.5, 0.6) is 0 Å². The summed E-state index contributed by atoms with van der Waals surface area (Å²) in [4.78, 5) is 10.8. The summed E-state index contributed by atoms with van der Waals surface area (Å²) in [7, 11) is 0. The van der Waals surface area contributed by atoms with Crippen LogP contribution in [0.25, 0.3) is 0 Å². The zero-order chi connectivity index (χ0) is 9.07. The number of hydrazine groups is 2. The minimum Gasteiger partial charge on any atom is -0.275 e. The fraction of sp³-hybridized carbons (Fsp3) is 0.833. The van der Waals surface area contributed by atoms with Crippen molar-refractivity contribution in [1.82, 2.24) is 10.4 Å². The molecule has 0 spiro atoms. The van der Waals surface area contributed by atoms with Crippen LogP contribution in [0.15, 0.2) is 0 Å². The Labute approximate surface area is 66.7 Å². The van der Waals surface area contributed by atoms with E-state index in [0.29, 0.717) is 6.54 Å². The number of hydrogen-bond donors (Lipinski definition) is 3. The van der Waals surface area contributed by atoms with Crippen molar-refractivity contribution in [1.29, 1.82) is 0 Å². The zero-order valence-corrected chi connectivity index (χ0v) is 7.22. The standard InChI is InChI=1S/C6H16N4O/c1-6(2,3)4-10(8)5(11)9-7/h4,7-8H2,1-3H3,(H,9,11). The lowest BCUT2D eigenvalue weighted by molar-refractivity contribution is 0.174. The van der Waals surface area contributed by atoms with Crippen LogP contribution in [0.1, 0.15) is 20.8 Å². The molecule has 0 rings (SSSR count). The summed E-state index contributed by atoms with van der Waals surface area (Å²) in [6.07, 6.45) is 0. The average molecular weight is 160 g/mol. The maximum Gasteiger partial charge on any atom is 0.345 e. The summed E-state index contributed by atoms with van der Waals surface area (Å²) in [5.41, 5.74) is 1.94. The maximum atomic E-state index is 10.8. The molecule has 0 aliphatic rings. The van der Waals surface area contributed by atoms with Gasteiger partial charge >= 0.3 is 6.03 Å². The Morgan fingerprint density at radius 2 is 2.00 bits per heavy atom. The fourth-order valence-electron chi connectivity index (χ4n) is 0.666. The summed E-state index contributed by atoms with van der Waals surface area (Å²) >= 11 is 0. The van der Waals surface area contributed by atoms with Crippen molar-refractivity contribution < 1.29 is 4.79 Å². The molecule has 5 heteroatoms. The summed E-state index contributed by atoms with van der Waals surface area (Å²) in [5.74, 6) is 10.2. The van der Waals surface area contributed by atoms with E-state index in [1.54, 1.807) is 0 Å². The van der Waals surface area contributed by atoms with Gasteiger partial charge in [-0.15, -0.1) is 0 Å². The molecular formula is C6H16N4O. The first-order valence-corrected chi connectivity index (χ1v) is 3.39. The van der Waals surface area contributed by atoms with Gasteiger partial charge in [0.25, 0.3) is 0 Å².